The molecule has 4 nitrogen and oxygen atoms in total. The predicted octanol–water partition coefficient (Wildman–Crippen LogP) is 17.4. The molecule has 3 aromatic heterocycles. The minimum absolute atomic E-state index is 0.683. The lowest BCUT2D eigenvalue weighted by Gasteiger charge is -2.44. The van der Waals surface area contributed by atoms with Crippen molar-refractivity contribution < 1.29 is 8.83 Å². The first-order chi connectivity index (χ1) is 34.3. The Morgan fingerprint density at radius 1 is 0.304 bits per heavy atom. The van der Waals surface area contributed by atoms with Gasteiger partial charge in [0, 0.05) is 33.3 Å². The molecule has 10 aromatic carbocycles. The zero-order chi connectivity index (χ0) is 45.2. The van der Waals surface area contributed by atoms with E-state index in [1.54, 1.807) is 0 Å². The van der Waals surface area contributed by atoms with Crippen molar-refractivity contribution in [2.75, 3.05) is 4.90 Å². The number of benzene rings is 10. The molecule has 0 saturated carbocycles. The van der Waals surface area contributed by atoms with Gasteiger partial charge in [-0.25, -0.2) is 0 Å². The molecule has 2 aliphatic rings. The molecule has 322 valence electrons. The summed E-state index contributed by atoms with van der Waals surface area (Å²) in [6, 6.07) is 84.4. The number of aromatic nitrogens is 1. The fourth-order valence-electron chi connectivity index (χ4n) is 12.2. The van der Waals surface area contributed by atoms with E-state index in [1.165, 1.54) is 76.8 Å². The number of anilines is 3. The lowest BCUT2D eigenvalue weighted by Crippen LogP contribution is -2.35. The van der Waals surface area contributed by atoms with E-state index in [2.05, 4.69) is 240 Å². The van der Waals surface area contributed by atoms with Crippen molar-refractivity contribution >= 4 is 60.4 Å². The zero-order valence-corrected chi connectivity index (χ0v) is 37.3. The van der Waals surface area contributed by atoms with E-state index in [0.717, 1.165) is 56.4 Å². The van der Waals surface area contributed by atoms with Crippen molar-refractivity contribution in [2.24, 2.45) is 0 Å². The highest BCUT2D eigenvalue weighted by Gasteiger charge is 2.55. The molecular weight excluding hydrogens is 841 g/mol. The van der Waals surface area contributed by atoms with Crippen molar-refractivity contribution in [1.29, 1.82) is 0 Å². The lowest BCUT2D eigenvalue weighted by atomic mass is 9.65. The maximum absolute atomic E-state index is 6.31. The Morgan fingerprint density at radius 2 is 0.855 bits per heavy atom. The summed E-state index contributed by atoms with van der Waals surface area (Å²) < 4.78 is 15.0. The molecule has 0 atom stereocenters. The Kier molecular flexibility index (Phi) is 7.96. The van der Waals surface area contributed by atoms with Gasteiger partial charge in [-0.1, -0.05) is 164 Å². The van der Waals surface area contributed by atoms with Gasteiger partial charge in [-0.2, -0.15) is 0 Å². The maximum Gasteiger partial charge on any atom is 0.174 e. The van der Waals surface area contributed by atoms with Crippen LogP contribution in [-0.4, -0.2) is 4.57 Å². The maximum atomic E-state index is 6.31. The third-order valence-corrected chi connectivity index (χ3v) is 14.9. The molecule has 0 N–H and O–H groups in total. The van der Waals surface area contributed by atoms with Crippen LogP contribution in [0.1, 0.15) is 22.3 Å². The van der Waals surface area contributed by atoms with Gasteiger partial charge in [-0.3, -0.25) is 0 Å². The van der Waals surface area contributed by atoms with Crippen molar-refractivity contribution in [3.05, 3.63) is 265 Å². The molecule has 69 heavy (non-hydrogen) atoms. The first-order valence-corrected chi connectivity index (χ1v) is 23.6. The zero-order valence-electron chi connectivity index (χ0n) is 37.3. The SMILES string of the molecule is c1ccc(-c2cccc(-c3c4ccccc4c(-c4ccc(N5c6ccccc6C6(c7cc8c9ccccc9n(-c9ccccc9)c8cc75)c5ccoc5-c5occc56)cc4)c4ccccc34)c2)cc1. The smallest absolute Gasteiger partial charge is 0.174 e. The van der Waals surface area contributed by atoms with Gasteiger partial charge in [0.2, 0.25) is 0 Å². The number of hydrogen-bond acceptors (Lipinski definition) is 3. The molecule has 1 spiro atoms. The van der Waals surface area contributed by atoms with E-state index in [1.807, 2.05) is 12.5 Å². The highest BCUT2D eigenvalue weighted by atomic mass is 16.4. The van der Waals surface area contributed by atoms with Gasteiger partial charge in [-0.05, 0) is 133 Å². The summed E-state index contributed by atoms with van der Waals surface area (Å²) >= 11 is 0. The molecule has 4 heteroatoms. The number of furan rings is 2. The van der Waals surface area contributed by atoms with Gasteiger partial charge in [0.1, 0.15) is 0 Å². The van der Waals surface area contributed by atoms with E-state index >= 15 is 0 Å². The first-order valence-electron chi connectivity index (χ1n) is 23.6. The number of nitrogens with zero attached hydrogens (tertiary/aromatic N) is 2. The third-order valence-electron chi connectivity index (χ3n) is 14.9. The number of rotatable bonds is 5. The number of hydrogen-bond donors (Lipinski definition) is 0. The largest absolute Gasteiger partial charge is 0.461 e. The second kappa shape index (κ2) is 14.4. The standard InChI is InChI=1S/C65H40N2O2/c1-3-16-41(17-4-1)43-18-15-19-44(38-43)62-50-25-9-7-23-48(50)61(49-24-8-10-26-51(49)62)42-30-32-46(33-31-42)67-58-29-14-12-27-53(58)65(54-34-36-68-63(54)64-55(65)35-37-69-64)56-39-52-47-22-11-13-28-57(47)66(59(52)40-60(56)67)45-20-5-2-6-21-45/h1-40H. The van der Waals surface area contributed by atoms with Crippen LogP contribution in [0.2, 0.25) is 0 Å². The van der Waals surface area contributed by atoms with Crippen LogP contribution in [0.25, 0.3) is 93.9 Å². The number of fused-ring (bicyclic) bond motifs is 14. The highest BCUT2D eigenvalue weighted by molar-refractivity contribution is 6.21. The van der Waals surface area contributed by atoms with Crippen molar-refractivity contribution in [2.45, 2.75) is 5.41 Å². The quantitative estimate of drug-likeness (QED) is 0.162. The third kappa shape index (κ3) is 5.23. The fraction of sp³-hybridized carbons (Fsp3) is 0.0154. The Bertz CT molecular complexity index is 4100. The van der Waals surface area contributed by atoms with E-state index in [0.29, 0.717) is 0 Å². The summed E-state index contributed by atoms with van der Waals surface area (Å²) in [5, 5.41) is 7.31. The van der Waals surface area contributed by atoms with Gasteiger partial charge in [0.05, 0.1) is 40.3 Å². The van der Waals surface area contributed by atoms with E-state index in [-0.39, 0.29) is 0 Å². The molecule has 0 bridgehead atoms. The molecule has 0 radical (unpaired) electrons. The van der Waals surface area contributed by atoms with Gasteiger partial charge >= 0.3 is 0 Å². The topological polar surface area (TPSA) is 34.5 Å². The van der Waals surface area contributed by atoms with Crippen molar-refractivity contribution in [3.8, 4) is 50.6 Å². The Morgan fingerprint density at radius 3 is 1.54 bits per heavy atom. The monoisotopic (exact) mass is 880 g/mol. The van der Waals surface area contributed by atoms with Gasteiger partial charge in [0.25, 0.3) is 0 Å². The summed E-state index contributed by atoms with van der Waals surface area (Å²) in [6.07, 6.45) is 3.62. The minimum atomic E-state index is -0.683. The van der Waals surface area contributed by atoms with Crippen LogP contribution in [0.4, 0.5) is 17.1 Å². The average Bonchev–Trinajstić information content (AvgIpc) is 4.22. The molecule has 1 aliphatic carbocycles. The number of para-hydroxylation sites is 3. The average molecular weight is 881 g/mol. The molecular formula is C65H40N2O2. The van der Waals surface area contributed by atoms with E-state index in [4.69, 9.17) is 8.83 Å². The first kappa shape index (κ1) is 38.0. The van der Waals surface area contributed by atoms with Crippen LogP contribution in [-0.2, 0) is 5.41 Å². The molecule has 0 unspecified atom stereocenters. The molecule has 0 saturated heterocycles. The predicted molar refractivity (Wildman–Crippen MR) is 282 cm³/mol. The Balaban J connectivity index is 0.964. The highest BCUT2D eigenvalue weighted by Crippen LogP contribution is 2.64. The summed E-state index contributed by atoms with van der Waals surface area (Å²) in [6.45, 7) is 0. The van der Waals surface area contributed by atoms with Crippen molar-refractivity contribution in [1.82, 2.24) is 4.57 Å². The summed E-state index contributed by atoms with van der Waals surface area (Å²) in [5.41, 5.74) is 17.9. The van der Waals surface area contributed by atoms with Crippen LogP contribution >= 0.6 is 0 Å². The molecule has 13 aromatic rings. The van der Waals surface area contributed by atoms with E-state index in [9.17, 15) is 0 Å². The van der Waals surface area contributed by atoms with Crippen LogP contribution < -0.4 is 4.90 Å². The molecule has 15 rings (SSSR count). The molecule has 4 heterocycles. The fourth-order valence-corrected chi connectivity index (χ4v) is 12.2. The van der Waals surface area contributed by atoms with Crippen LogP contribution in [0, 0.1) is 0 Å². The van der Waals surface area contributed by atoms with Crippen LogP contribution in [0.15, 0.2) is 252 Å². The van der Waals surface area contributed by atoms with Crippen LogP contribution in [0.3, 0.4) is 0 Å². The second-order valence-corrected chi connectivity index (χ2v) is 18.3. The molecule has 1 aliphatic heterocycles. The van der Waals surface area contributed by atoms with Gasteiger partial charge in [-0.15, -0.1) is 0 Å². The normalized spacial score (nSPS) is 13.3. The molecule has 0 fully saturated rings. The molecule has 0 amide bonds. The van der Waals surface area contributed by atoms with Gasteiger partial charge < -0.3 is 18.3 Å². The second-order valence-electron chi connectivity index (χ2n) is 18.3. The minimum Gasteiger partial charge on any atom is -0.461 e. The summed E-state index contributed by atoms with van der Waals surface area (Å²) in [7, 11) is 0. The van der Waals surface area contributed by atoms with Crippen molar-refractivity contribution in [3.63, 3.8) is 0 Å². The Labute approximate surface area is 398 Å². The van der Waals surface area contributed by atoms with Gasteiger partial charge in [0.15, 0.2) is 11.5 Å². The summed E-state index contributed by atoms with van der Waals surface area (Å²) in [4.78, 5) is 2.48. The summed E-state index contributed by atoms with van der Waals surface area (Å²) in [5.74, 6) is 1.57. The van der Waals surface area contributed by atoms with E-state index < -0.39 is 5.41 Å². The lowest BCUT2D eigenvalue weighted by molar-refractivity contribution is 0.525. The van der Waals surface area contributed by atoms with Crippen LogP contribution in [0.5, 0.6) is 0 Å². The Hall–Kier alpha value is -9.12.